The fourth-order valence-corrected chi connectivity index (χ4v) is 2.28. The molecule has 1 aliphatic carbocycles. The van der Waals surface area contributed by atoms with Crippen molar-refractivity contribution in [2.45, 2.75) is 37.8 Å². The third-order valence-electron chi connectivity index (χ3n) is 3.34. The van der Waals surface area contributed by atoms with Gasteiger partial charge in [0.25, 0.3) is 5.91 Å². The maximum Gasteiger partial charge on any atom is 0.255 e. The summed E-state index contributed by atoms with van der Waals surface area (Å²) in [4.78, 5) is 11.9. The van der Waals surface area contributed by atoms with Crippen LogP contribution in [0.1, 0.15) is 36.0 Å². The van der Waals surface area contributed by atoms with E-state index in [0.717, 1.165) is 37.8 Å². The SMILES string of the molecule is NC1CCCCC1NC(=O)c1ccc(F)cc1O. The molecule has 4 nitrogen and oxygen atoms in total. The van der Waals surface area contributed by atoms with Crippen LogP contribution in [0.15, 0.2) is 18.2 Å². The standard InChI is InChI=1S/C13H17FN2O2/c14-8-5-6-9(12(17)7-8)13(18)16-11-4-2-1-3-10(11)15/h5-7,10-11,17H,1-4,15H2,(H,16,18). The highest BCUT2D eigenvalue weighted by molar-refractivity contribution is 5.97. The van der Waals surface area contributed by atoms with Crippen molar-refractivity contribution in [1.82, 2.24) is 5.32 Å². The number of carbonyl (C=O) groups is 1. The van der Waals surface area contributed by atoms with Crippen molar-refractivity contribution in [3.63, 3.8) is 0 Å². The number of hydrogen-bond donors (Lipinski definition) is 3. The van der Waals surface area contributed by atoms with Crippen molar-refractivity contribution in [3.8, 4) is 5.75 Å². The van der Waals surface area contributed by atoms with E-state index < -0.39 is 11.7 Å². The molecule has 1 aromatic carbocycles. The zero-order chi connectivity index (χ0) is 13.1. The Bertz CT molecular complexity index is 451. The van der Waals surface area contributed by atoms with E-state index in [0.29, 0.717) is 0 Å². The summed E-state index contributed by atoms with van der Waals surface area (Å²) in [5.74, 6) is -1.33. The van der Waals surface area contributed by atoms with Gasteiger partial charge >= 0.3 is 0 Å². The summed E-state index contributed by atoms with van der Waals surface area (Å²) in [5.41, 5.74) is 6.01. The molecule has 1 amide bonds. The molecule has 1 saturated carbocycles. The van der Waals surface area contributed by atoms with Gasteiger partial charge in [-0.3, -0.25) is 4.79 Å². The first-order valence-corrected chi connectivity index (χ1v) is 6.13. The summed E-state index contributed by atoms with van der Waals surface area (Å²) >= 11 is 0. The van der Waals surface area contributed by atoms with Crippen LogP contribution in [0.2, 0.25) is 0 Å². The fraction of sp³-hybridized carbons (Fsp3) is 0.462. The molecular formula is C13H17FN2O2. The Morgan fingerprint density at radius 3 is 2.78 bits per heavy atom. The number of benzene rings is 1. The molecule has 4 N–H and O–H groups in total. The van der Waals surface area contributed by atoms with Crippen LogP contribution in [0.25, 0.3) is 0 Å². The van der Waals surface area contributed by atoms with Gasteiger partial charge in [-0.05, 0) is 25.0 Å². The minimum absolute atomic E-state index is 0.0507. The molecule has 2 atom stereocenters. The molecule has 0 radical (unpaired) electrons. The number of nitrogens with one attached hydrogen (secondary N) is 1. The smallest absolute Gasteiger partial charge is 0.255 e. The molecule has 0 aromatic heterocycles. The first-order valence-electron chi connectivity index (χ1n) is 6.13. The second kappa shape index (κ2) is 5.35. The van der Waals surface area contributed by atoms with Gasteiger partial charge < -0.3 is 16.2 Å². The number of hydrogen-bond acceptors (Lipinski definition) is 3. The topological polar surface area (TPSA) is 75.3 Å². The maximum absolute atomic E-state index is 12.8. The third kappa shape index (κ3) is 2.79. The number of phenols is 1. The lowest BCUT2D eigenvalue weighted by molar-refractivity contribution is 0.0918. The van der Waals surface area contributed by atoms with Crippen molar-refractivity contribution in [3.05, 3.63) is 29.6 Å². The predicted molar refractivity (Wildman–Crippen MR) is 65.8 cm³/mol. The molecule has 1 aliphatic rings. The van der Waals surface area contributed by atoms with Crippen LogP contribution in [-0.2, 0) is 0 Å². The second-order valence-electron chi connectivity index (χ2n) is 4.69. The van der Waals surface area contributed by atoms with Crippen LogP contribution in [0.5, 0.6) is 5.75 Å². The zero-order valence-corrected chi connectivity index (χ0v) is 10.0. The lowest BCUT2D eigenvalue weighted by atomic mass is 9.91. The average Bonchev–Trinajstić information content (AvgIpc) is 2.32. The molecule has 1 aromatic rings. The number of nitrogens with two attached hydrogens (primary N) is 1. The lowest BCUT2D eigenvalue weighted by Crippen LogP contribution is -2.49. The van der Waals surface area contributed by atoms with Gasteiger partial charge in [-0.1, -0.05) is 12.8 Å². The van der Waals surface area contributed by atoms with Crippen LogP contribution in [0.4, 0.5) is 4.39 Å². The monoisotopic (exact) mass is 252 g/mol. The maximum atomic E-state index is 12.8. The first kappa shape index (κ1) is 12.8. The van der Waals surface area contributed by atoms with Crippen LogP contribution < -0.4 is 11.1 Å². The van der Waals surface area contributed by atoms with Crippen LogP contribution in [0.3, 0.4) is 0 Å². The Balaban J connectivity index is 2.07. The molecule has 0 heterocycles. The highest BCUT2D eigenvalue weighted by Gasteiger charge is 2.24. The highest BCUT2D eigenvalue weighted by atomic mass is 19.1. The summed E-state index contributed by atoms with van der Waals surface area (Å²) in [7, 11) is 0. The van der Waals surface area contributed by atoms with E-state index in [-0.39, 0.29) is 23.4 Å². The molecule has 0 bridgehead atoms. The normalized spacial score (nSPS) is 23.7. The number of phenolic OH excluding ortho intramolecular Hbond substituents is 1. The van der Waals surface area contributed by atoms with Crippen molar-refractivity contribution >= 4 is 5.91 Å². The summed E-state index contributed by atoms with van der Waals surface area (Å²) in [6, 6.07) is 3.22. The van der Waals surface area contributed by atoms with Gasteiger partial charge in [0, 0.05) is 18.2 Å². The molecule has 98 valence electrons. The number of rotatable bonds is 2. The Hall–Kier alpha value is -1.62. The first-order chi connectivity index (χ1) is 8.58. The van der Waals surface area contributed by atoms with Gasteiger partial charge in [-0.15, -0.1) is 0 Å². The van der Waals surface area contributed by atoms with E-state index in [2.05, 4.69) is 5.32 Å². The highest BCUT2D eigenvalue weighted by Crippen LogP contribution is 2.20. The van der Waals surface area contributed by atoms with Gasteiger partial charge in [0.15, 0.2) is 0 Å². The van der Waals surface area contributed by atoms with E-state index in [1.807, 2.05) is 0 Å². The zero-order valence-electron chi connectivity index (χ0n) is 10.0. The van der Waals surface area contributed by atoms with E-state index in [4.69, 9.17) is 5.73 Å². The van der Waals surface area contributed by atoms with Crippen molar-refractivity contribution < 1.29 is 14.3 Å². The Morgan fingerprint density at radius 2 is 2.11 bits per heavy atom. The van der Waals surface area contributed by atoms with Gasteiger partial charge in [0.2, 0.25) is 0 Å². The summed E-state index contributed by atoms with van der Waals surface area (Å²) in [6.07, 6.45) is 3.85. The Kier molecular flexibility index (Phi) is 3.81. The number of aromatic hydroxyl groups is 1. The molecule has 2 rings (SSSR count). The second-order valence-corrected chi connectivity index (χ2v) is 4.69. The molecule has 0 aliphatic heterocycles. The number of carbonyl (C=O) groups excluding carboxylic acids is 1. The molecule has 18 heavy (non-hydrogen) atoms. The van der Waals surface area contributed by atoms with Crippen LogP contribution in [0, 0.1) is 5.82 Å². The molecule has 0 saturated heterocycles. The van der Waals surface area contributed by atoms with Gasteiger partial charge in [-0.25, -0.2) is 4.39 Å². The predicted octanol–water partition coefficient (Wildman–Crippen LogP) is 1.53. The van der Waals surface area contributed by atoms with Crippen molar-refractivity contribution in [1.29, 1.82) is 0 Å². The Morgan fingerprint density at radius 1 is 1.39 bits per heavy atom. The summed E-state index contributed by atoms with van der Waals surface area (Å²) < 4.78 is 12.8. The molecule has 5 heteroatoms. The van der Waals surface area contributed by atoms with Crippen molar-refractivity contribution in [2.24, 2.45) is 5.73 Å². The van der Waals surface area contributed by atoms with Gasteiger partial charge in [-0.2, -0.15) is 0 Å². The number of amides is 1. The molecular weight excluding hydrogens is 235 g/mol. The van der Waals surface area contributed by atoms with Crippen LogP contribution in [-0.4, -0.2) is 23.1 Å². The third-order valence-corrected chi connectivity index (χ3v) is 3.34. The fourth-order valence-electron chi connectivity index (χ4n) is 2.28. The molecule has 1 fully saturated rings. The van der Waals surface area contributed by atoms with Crippen molar-refractivity contribution in [2.75, 3.05) is 0 Å². The molecule has 0 spiro atoms. The Labute approximate surface area is 105 Å². The quantitative estimate of drug-likeness (QED) is 0.747. The van der Waals surface area contributed by atoms with Gasteiger partial charge in [0.1, 0.15) is 11.6 Å². The summed E-state index contributed by atoms with van der Waals surface area (Å²) in [6.45, 7) is 0. The minimum Gasteiger partial charge on any atom is -0.507 e. The molecule has 2 unspecified atom stereocenters. The van der Waals surface area contributed by atoms with E-state index in [1.165, 1.54) is 6.07 Å². The lowest BCUT2D eigenvalue weighted by Gasteiger charge is -2.29. The number of halogens is 1. The average molecular weight is 252 g/mol. The van der Waals surface area contributed by atoms with Crippen LogP contribution >= 0.6 is 0 Å². The van der Waals surface area contributed by atoms with E-state index >= 15 is 0 Å². The van der Waals surface area contributed by atoms with E-state index in [1.54, 1.807) is 0 Å². The van der Waals surface area contributed by atoms with E-state index in [9.17, 15) is 14.3 Å². The summed E-state index contributed by atoms with van der Waals surface area (Å²) in [5, 5.41) is 12.3. The van der Waals surface area contributed by atoms with Gasteiger partial charge in [0.05, 0.1) is 5.56 Å². The largest absolute Gasteiger partial charge is 0.507 e. The minimum atomic E-state index is -0.571.